The number of rotatable bonds is 4. The Morgan fingerprint density at radius 1 is 1.47 bits per heavy atom. The Labute approximate surface area is 106 Å². The molecule has 0 spiro atoms. The number of carbonyl (C=O) groups excluding carboxylic acids is 1. The SMILES string of the molecule is CSc1ccc(C(=O)CN2CCC(O)C2)cc1. The van der Waals surface area contributed by atoms with Crippen molar-refractivity contribution in [3.8, 4) is 0 Å². The standard InChI is InChI=1S/C13H17NO2S/c1-17-12-4-2-10(3-5-12)13(16)9-14-7-6-11(15)8-14/h2-5,11,15H,6-9H2,1H3. The van der Waals surface area contributed by atoms with Crippen LogP contribution >= 0.6 is 11.8 Å². The third kappa shape index (κ3) is 3.31. The molecule has 1 unspecified atom stereocenters. The molecule has 0 saturated carbocycles. The third-order valence-corrected chi connectivity index (χ3v) is 3.77. The molecular formula is C13H17NO2S. The number of aliphatic hydroxyl groups is 1. The van der Waals surface area contributed by atoms with Crippen LogP contribution < -0.4 is 0 Å². The molecular weight excluding hydrogens is 234 g/mol. The lowest BCUT2D eigenvalue weighted by Crippen LogP contribution is -2.28. The lowest BCUT2D eigenvalue weighted by atomic mass is 10.1. The molecule has 1 aliphatic rings. The van der Waals surface area contributed by atoms with Gasteiger partial charge in [0.25, 0.3) is 0 Å². The van der Waals surface area contributed by atoms with Gasteiger partial charge in [-0.2, -0.15) is 0 Å². The van der Waals surface area contributed by atoms with Crippen molar-refractivity contribution < 1.29 is 9.90 Å². The first-order chi connectivity index (χ1) is 8.19. The van der Waals surface area contributed by atoms with Gasteiger partial charge in [-0.15, -0.1) is 11.8 Å². The number of aliphatic hydroxyl groups excluding tert-OH is 1. The van der Waals surface area contributed by atoms with E-state index in [0.717, 1.165) is 23.4 Å². The molecule has 1 fully saturated rings. The maximum Gasteiger partial charge on any atom is 0.176 e. The van der Waals surface area contributed by atoms with E-state index in [9.17, 15) is 9.90 Å². The van der Waals surface area contributed by atoms with Crippen LogP contribution in [-0.2, 0) is 0 Å². The Balaban J connectivity index is 1.94. The zero-order chi connectivity index (χ0) is 12.3. The smallest absolute Gasteiger partial charge is 0.176 e. The summed E-state index contributed by atoms with van der Waals surface area (Å²) in [5, 5.41) is 9.40. The Kier molecular flexibility index (Phi) is 4.20. The first-order valence-corrected chi connectivity index (χ1v) is 6.99. The van der Waals surface area contributed by atoms with Crippen LogP contribution in [0.2, 0.25) is 0 Å². The number of carbonyl (C=O) groups is 1. The zero-order valence-corrected chi connectivity index (χ0v) is 10.7. The van der Waals surface area contributed by atoms with Gasteiger partial charge in [0.1, 0.15) is 0 Å². The fourth-order valence-corrected chi connectivity index (χ4v) is 2.44. The van der Waals surface area contributed by atoms with Crippen molar-refractivity contribution in [1.82, 2.24) is 4.90 Å². The third-order valence-electron chi connectivity index (χ3n) is 3.03. The number of Topliss-reactive ketones (excluding diaryl/α,β-unsaturated/α-hetero) is 1. The second kappa shape index (κ2) is 5.67. The minimum absolute atomic E-state index is 0.131. The van der Waals surface area contributed by atoms with Crippen molar-refractivity contribution in [2.45, 2.75) is 17.4 Å². The van der Waals surface area contributed by atoms with Crippen molar-refractivity contribution in [2.75, 3.05) is 25.9 Å². The highest BCUT2D eigenvalue weighted by Gasteiger charge is 2.22. The number of β-amino-alcohol motifs (C(OH)–C–C–N with tert-alkyl or cyclic N) is 1. The van der Waals surface area contributed by atoms with Gasteiger partial charge in [-0.25, -0.2) is 0 Å². The summed E-state index contributed by atoms with van der Waals surface area (Å²) in [7, 11) is 0. The Hall–Kier alpha value is -0.840. The second-order valence-corrected chi connectivity index (χ2v) is 5.21. The summed E-state index contributed by atoms with van der Waals surface area (Å²) in [6.45, 7) is 1.85. The number of hydrogen-bond acceptors (Lipinski definition) is 4. The summed E-state index contributed by atoms with van der Waals surface area (Å²) in [6.07, 6.45) is 2.53. The Morgan fingerprint density at radius 2 is 2.18 bits per heavy atom. The molecule has 17 heavy (non-hydrogen) atoms. The lowest BCUT2D eigenvalue weighted by Gasteiger charge is -2.13. The van der Waals surface area contributed by atoms with Gasteiger partial charge in [0.2, 0.25) is 0 Å². The molecule has 0 bridgehead atoms. The van der Waals surface area contributed by atoms with Crippen molar-refractivity contribution >= 4 is 17.5 Å². The Morgan fingerprint density at radius 3 is 2.71 bits per heavy atom. The molecule has 2 rings (SSSR count). The van der Waals surface area contributed by atoms with Crippen LogP contribution in [0.5, 0.6) is 0 Å². The van der Waals surface area contributed by atoms with Crippen LogP contribution in [0.4, 0.5) is 0 Å². The molecule has 3 nitrogen and oxygen atoms in total. The van der Waals surface area contributed by atoms with Gasteiger partial charge in [-0.1, -0.05) is 12.1 Å². The molecule has 0 radical (unpaired) electrons. The zero-order valence-electron chi connectivity index (χ0n) is 9.93. The highest BCUT2D eigenvalue weighted by Crippen LogP contribution is 2.16. The maximum absolute atomic E-state index is 12.0. The minimum Gasteiger partial charge on any atom is -0.392 e. The number of likely N-dealkylation sites (tertiary alicyclic amines) is 1. The van der Waals surface area contributed by atoms with E-state index in [1.807, 2.05) is 35.4 Å². The van der Waals surface area contributed by atoms with Crippen molar-refractivity contribution in [3.63, 3.8) is 0 Å². The topological polar surface area (TPSA) is 40.5 Å². The van der Waals surface area contributed by atoms with E-state index in [2.05, 4.69) is 0 Å². The van der Waals surface area contributed by atoms with Gasteiger partial charge in [-0.3, -0.25) is 9.69 Å². The quantitative estimate of drug-likeness (QED) is 0.652. The summed E-state index contributed by atoms with van der Waals surface area (Å²) in [4.78, 5) is 15.2. The molecule has 1 atom stereocenters. The first-order valence-electron chi connectivity index (χ1n) is 5.76. The second-order valence-electron chi connectivity index (χ2n) is 4.33. The predicted molar refractivity (Wildman–Crippen MR) is 69.6 cm³/mol. The first kappa shape index (κ1) is 12.6. The fraction of sp³-hybridized carbons (Fsp3) is 0.462. The summed E-state index contributed by atoms with van der Waals surface area (Å²) >= 11 is 1.67. The van der Waals surface area contributed by atoms with Crippen LogP contribution in [0.15, 0.2) is 29.2 Å². The largest absolute Gasteiger partial charge is 0.392 e. The van der Waals surface area contributed by atoms with Crippen molar-refractivity contribution in [1.29, 1.82) is 0 Å². The predicted octanol–water partition coefficient (Wildman–Crippen LogP) is 1.66. The molecule has 1 aliphatic heterocycles. The van der Waals surface area contributed by atoms with Gasteiger partial charge in [0.05, 0.1) is 12.6 Å². The molecule has 1 heterocycles. The van der Waals surface area contributed by atoms with Gasteiger partial charge in [-0.05, 0) is 24.8 Å². The molecule has 1 aromatic rings. The molecule has 92 valence electrons. The van der Waals surface area contributed by atoms with Crippen molar-refractivity contribution in [3.05, 3.63) is 29.8 Å². The van der Waals surface area contributed by atoms with Crippen LogP contribution in [0.3, 0.4) is 0 Å². The van der Waals surface area contributed by atoms with E-state index in [-0.39, 0.29) is 11.9 Å². The number of ketones is 1. The van der Waals surface area contributed by atoms with E-state index in [1.54, 1.807) is 11.8 Å². The van der Waals surface area contributed by atoms with Gasteiger partial charge >= 0.3 is 0 Å². The van der Waals surface area contributed by atoms with E-state index in [4.69, 9.17) is 0 Å². The minimum atomic E-state index is -0.262. The molecule has 1 aromatic carbocycles. The summed E-state index contributed by atoms with van der Waals surface area (Å²) < 4.78 is 0. The highest BCUT2D eigenvalue weighted by atomic mass is 32.2. The lowest BCUT2D eigenvalue weighted by molar-refractivity contribution is 0.0934. The molecule has 1 N–H and O–H groups in total. The average Bonchev–Trinajstić information content (AvgIpc) is 2.75. The number of thioether (sulfide) groups is 1. The summed E-state index contributed by atoms with van der Waals surface area (Å²) in [5.74, 6) is 0.131. The van der Waals surface area contributed by atoms with Gasteiger partial charge in [0, 0.05) is 23.5 Å². The number of benzene rings is 1. The van der Waals surface area contributed by atoms with E-state index in [1.165, 1.54) is 0 Å². The van der Waals surface area contributed by atoms with Crippen LogP contribution in [0.1, 0.15) is 16.8 Å². The van der Waals surface area contributed by atoms with Gasteiger partial charge < -0.3 is 5.11 Å². The maximum atomic E-state index is 12.0. The monoisotopic (exact) mass is 251 g/mol. The molecule has 0 aromatic heterocycles. The number of nitrogens with zero attached hydrogens (tertiary/aromatic N) is 1. The molecule has 0 aliphatic carbocycles. The molecule has 1 saturated heterocycles. The average molecular weight is 251 g/mol. The normalized spacial score (nSPS) is 20.7. The van der Waals surface area contributed by atoms with E-state index < -0.39 is 0 Å². The molecule has 4 heteroatoms. The van der Waals surface area contributed by atoms with Crippen molar-refractivity contribution in [2.24, 2.45) is 0 Å². The summed E-state index contributed by atoms with van der Waals surface area (Å²) in [5.41, 5.74) is 0.754. The van der Waals surface area contributed by atoms with Crippen LogP contribution in [0, 0.1) is 0 Å². The highest BCUT2D eigenvalue weighted by molar-refractivity contribution is 7.98. The van der Waals surface area contributed by atoms with E-state index in [0.29, 0.717) is 13.1 Å². The van der Waals surface area contributed by atoms with Gasteiger partial charge in [0.15, 0.2) is 5.78 Å². The Bertz CT molecular complexity index is 391. The molecule has 0 amide bonds. The summed E-state index contributed by atoms with van der Waals surface area (Å²) in [6, 6.07) is 7.69. The van der Waals surface area contributed by atoms with Crippen LogP contribution in [-0.4, -0.2) is 47.8 Å². The van der Waals surface area contributed by atoms with E-state index >= 15 is 0 Å². The van der Waals surface area contributed by atoms with Crippen LogP contribution in [0.25, 0.3) is 0 Å². The fourth-order valence-electron chi connectivity index (χ4n) is 2.03. The number of hydrogen-bond donors (Lipinski definition) is 1.